The summed E-state index contributed by atoms with van der Waals surface area (Å²) in [6, 6.07) is 4.07. The molecule has 4 nitrogen and oxygen atoms in total. The van der Waals surface area contributed by atoms with Crippen molar-refractivity contribution in [2.24, 2.45) is 0 Å². The van der Waals surface area contributed by atoms with Crippen molar-refractivity contribution in [2.45, 2.75) is 26.3 Å². The number of pyridine rings is 1. The van der Waals surface area contributed by atoms with E-state index in [-0.39, 0.29) is 6.04 Å². The van der Waals surface area contributed by atoms with Crippen LogP contribution in [0.2, 0.25) is 0 Å². The third-order valence-corrected chi connectivity index (χ3v) is 2.63. The van der Waals surface area contributed by atoms with E-state index in [1.54, 1.807) is 18.5 Å². The third-order valence-electron chi connectivity index (χ3n) is 2.63. The largest absolute Gasteiger partial charge is 0.478 e. The highest BCUT2D eigenvalue weighted by Gasteiger charge is 2.05. The van der Waals surface area contributed by atoms with Crippen LogP contribution in [-0.4, -0.2) is 22.6 Å². The molecule has 0 aliphatic rings. The Balaban J connectivity index is 2.49. The Morgan fingerprint density at radius 1 is 1.53 bits per heavy atom. The highest BCUT2D eigenvalue weighted by Crippen LogP contribution is 2.09. The SMILES string of the molecule is CC/C(=C/CN[C@@H](C)c1ccncc1)C(=O)O. The normalized spacial score (nSPS) is 13.4. The summed E-state index contributed by atoms with van der Waals surface area (Å²) in [6.07, 6.45) is 5.76. The number of hydrogen-bond donors (Lipinski definition) is 2. The lowest BCUT2D eigenvalue weighted by molar-refractivity contribution is -0.132. The maximum absolute atomic E-state index is 10.8. The first-order chi connectivity index (χ1) is 8.15. The molecule has 0 saturated carbocycles. The fraction of sp³-hybridized carbons (Fsp3) is 0.385. The van der Waals surface area contributed by atoms with Gasteiger partial charge in [-0.25, -0.2) is 4.79 Å². The van der Waals surface area contributed by atoms with Crippen molar-refractivity contribution in [3.05, 3.63) is 41.7 Å². The van der Waals surface area contributed by atoms with Gasteiger partial charge in [0.15, 0.2) is 0 Å². The van der Waals surface area contributed by atoms with Crippen LogP contribution < -0.4 is 5.32 Å². The summed E-state index contributed by atoms with van der Waals surface area (Å²) in [5.41, 5.74) is 1.58. The Morgan fingerprint density at radius 3 is 2.71 bits per heavy atom. The molecule has 0 spiro atoms. The molecule has 17 heavy (non-hydrogen) atoms. The summed E-state index contributed by atoms with van der Waals surface area (Å²) in [5.74, 6) is -0.842. The van der Waals surface area contributed by atoms with Gasteiger partial charge in [-0.1, -0.05) is 13.0 Å². The van der Waals surface area contributed by atoms with E-state index in [1.165, 1.54) is 0 Å². The van der Waals surface area contributed by atoms with E-state index in [4.69, 9.17) is 5.11 Å². The van der Waals surface area contributed by atoms with Crippen molar-refractivity contribution in [1.29, 1.82) is 0 Å². The quantitative estimate of drug-likeness (QED) is 0.740. The van der Waals surface area contributed by atoms with Gasteiger partial charge in [-0.15, -0.1) is 0 Å². The summed E-state index contributed by atoms with van der Waals surface area (Å²) in [4.78, 5) is 14.7. The van der Waals surface area contributed by atoms with Crippen LogP contribution in [0.5, 0.6) is 0 Å². The fourth-order valence-corrected chi connectivity index (χ4v) is 1.51. The lowest BCUT2D eigenvalue weighted by Gasteiger charge is -2.12. The molecule has 0 aliphatic carbocycles. The van der Waals surface area contributed by atoms with Crippen LogP contribution in [0.1, 0.15) is 31.9 Å². The van der Waals surface area contributed by atoms with E-state index in [1.807, 2.05) is 26.0 Å². The molecule has 0 aromatic carbocycles. The first kappa shape index (κ1) is 13.4. The number of hydrogen-bond acceptors (Lipinski definition) is 3. The molecular formula is C13H18N2O2. The van der Waals surface area contributed by atoms with E-state index in [0.29, 0.717) is 18.5 Å². The smallest absolute Gasteiger partial charge is 0.331 e. The lowest BCUT2D eigenvalue weighted by atomic mass is 10.1. The maximum atomic E-state index is 10.8. The molecule has 0 bridgehead atoms. The van der Waals surface area contributed by atoms with Crippen LogP contribution >= 0.6 is 0 Å². The molecule has 4 heteroatoms. The first-order valence-electron chi connectivity index (χ1n) is 5.70. The van der Waals surface area contributed by atoms with Crippen molar-refractivity contribution in [3.63, 3.8) is 0 Å². The van der Waals surface area contributed by atoms with E-state index in [0.717, 1.165) is 5.56 Å². The molecule has 1 aromatic rings. The molecule has 1 rings (SSSR count). The van der Waals surface area contributed by atoms with Gasteiger partial charge < -0.3 is 10.4 Å². The van der Waals surface area contributed by atoms with Crippen LogP contribution in [-0.2, 0) is 4.79 Å². The summed E-state index contributed by atoms with van der Waals surface area (Å²) in [7, 11) is 0. The van der Waals surface area contributed by atoms with Gasteiger partial charge in [-0.3, -0.25) is 4.98 Å². The second-order valence-electron chi connectivity index (χ2n) is 3.80. The Hall–Kier alpha value is -1.68. The number of carboxylic acids is 1. The van der Waals surface area contributed by atoms with Crippen molar-refractivity contribution >= 4 is 5.97 Å². The Morgan fingerprint density at radius 2 is 2.18 bits per heavy atom. The molecule has 0 fully saturated rings. The zero-order valence-electron chi connectivity index (χ0n) is 10.2. The van der Waals surface area contributed by atoms with Gasteiger partial charge in [0.2, 0.25) is 0 Å². The zero-order valence-corrected chi connectivity index (χ0v) is 10.2. The number of nitrogens with zero attached hydrogens (tertiary/aromatic N) is 1. The molecule has 1 aromatic heterocycles. The predicted octanol–water partition coefficient (Wildman–Crippen LogP) is 2.15. The van der Waals surface area contributed by atoms with Crippen LogP contribution in [0.4, 0.5) is 0 Å². The molecule has 0 amide bonds. The second-order valence-corrected chi connectivity index (χ2v) is 3.80. The lowest BCUT2D eigenvalue weighted by Crippen LogP contribution is -2.19. The van der Waals surface area contributed by atoms with Gasteiger partial charge in [0.25, 0.3) is 0 Å². The monoisotopic (exact) mass is 234 g/mol. The molecule has 92 valence electrons. The number of aliphatic carboxylic acids is 1. The average Bonchev–Trinajstić information content (AvgIpc) is 2.35. The van der Waals surface area contributed by atoms with Crippen molar-refractivity contribution < 1.29 is 9.90 Å². The van der Waals surface area contributed by atoms with Crippen LogP contribution in [0.15, 0.2) is 36.2 Å². The molecule has 2 N–H and O–H groups in total. The summed E-state index contributed by atoms with van der Waals surface area (Å²) in [6.45, 7) is 4.43. The fourth-order valence-electron chi connectivity index (χ4n) is 1.51. The molecule has 0 saturated heterocycles. The van der Waals surface area contributed by atoms with E-state index in [2.05, 4.69) is 10.3 Å². The zero-order chi connectivity index (χ0) is 12.7. The minimum Gasteiger partial charge on any atom is -0.478 e. The molecule has 0 aliphatic heterocycles. The first-order valence-corrected chi connectivity index (χ1v) is 5.70. The van der Waals surface area contributed by atoms with Gasteiger partial charge >= 0.3 is 5.97 Å². The van der Waals surface area contributed by atoms with Crippen molar-refractivity contribution in [2.75, 3.05) is 6.54 Å². The minimum atomic E-state index is -0.842. The average molecular weight is 234 g/mol. The van der Waals surface area contributed by atoms with E-state index >= 15 is 0 Å². The third kappa shape index (κ3) is 4.36. The molecule has 0 radical (unpaired) electrons. The van der Waals surface area contributed by atoms with Crippen LogP contribution in [0.3, 0.4) is 0 Å². The number of carbonyl (C=O) groups is 1. The van der Waals surface area contributed by atoms with Gasteiger partial charge in [0.1, 0.15) is 0 Å². The summed E-state index contributed by atoms with van der Waals surface area (Å²) >= 11 is 0. The summed E-state index contributed by atoms with van der Waals surface area (Å²) in [5, 5.41) is 12.1. The van der Waals surface area contributed by atoms with Crippen LogP contribution in [0.25, 0.3) is 0 Å². The molecule has 0 unspecified atom stereocenters. The predicted molar refractivity (Wildman–Crippen MR) is 66.7 cm³/mol. The minimum absolute atomic E-state index is 0.182. The highest BCUT2D eigenvalue weighted by molar-refractivity contribution is 5.86. The molecular weight excluding hydrogens is 216 g/mol. The second kappa shape index (κ2) is 6.81. The maximum Gasteiger partial charge on any atom is 0.331 e. The molecule has 1 atom stereocenters. The van der Waals surface area contributed by atoms with Crippen molar-refractivity contribution in [1.82, 2.24) is 10.3 Å². The van der Waals surface area contributed by atoms with Gasteiger partial charge in [-0.05, 0) is 31.0 Å². The van der Waals surface area contributed by atoms with Gasteiger partial charge in [0.05, 0.1) is 0 Å². The number of carboxylic acid groups (broad SMARTS) is 1. The van der Waals surface area contributed by atoms with Crippen molar-refractivity contribution in [3.8, 4) is 0 Å². The standard InChI is InChI=1S/C13H18N2O2/c1-3-11(13(16)17)6-9-15-10(2)12-4-7-14-8-5-12/h4-8,10,15H,3,9H2,1-2H3,(H,16,17)/b11-6-/t10-/m0/s1. The Labute approximate surface area is 101 Å². The van der Waals surface area contributed by atoms with E-state index in [9.17, 15) is 4.79 Å². The van der Waals surface area contributed by atoms with Gasteiger partial charge in [0, 0.05) is 30.6 Å². The Bertz CT molecular complexity index is 388. The molecule has 1 heterocycles. The number of aromatic nitrogens is 1. The highest BCUT2D eigenvalue weighted by atomic mass is 16.4. The Kier molecular flexibility index (Phi) is 5.36. The van der Waals surface area contributed by atoms with E-state index < -0.39 is 5.97 Å². The topological polar surface area (TPSA) is 62.2 Å². The number of nitrogens with one attached hydrogen (secondary N) is 1. The van der Waals surface area contributed by atoms with Gasteiger partial charge in [-0.2, -0.15) is 0 Å². The number of rotatable bonds is 6. The van der Waals surface area contributed by atoms with Crippen LogP contribution in [0, 0.1) is 0 Å². The summed E-state index contributed by atoms with van der Waals surface area (Å²) < 4.78 is 0.